The fourth-order valence-corrected chi connectivity index (χ4v) is 8.56. The zero-order valence-corrected chi connectivity index (χ0v) is 21.6. The summed E-state index contributed by atoms with van der Waals surface area (Å²) in [5, 5.41) is 10.3. The highest BCUT2D eigenvalue weighted by molar-refractivity contribution is 5.40. The van der Waals surface area contributed by atoms with Crippen molar-refractivity contribution < 1.29 is 9.84 Å². The minimum atomic E-state index is -0.0737. The molecule has 8 atom stereocenters. The summed E-state index contributed by atoms with van der Waals surface area (Å²) in [6.45, 7) is 18.2. The lowest BCUT2D eigenvalue weighted by molar-refractivity contribution is -0.0622. The van der Waals surface area contributed by atoms with Crippen LogP contribution in [0.3, 0.4) is 0 Å². The molecule has 0 bridgehead atoms. The number of aliphatic hydroxyl groups is 1. The van der Waals surface area contributed by atoms with Gasteiger partial charge in [0.25, 0.3) is 0 Å². The Hall–Kier alpha value is -0.340. The summed E-state index contributed by atoms with van der Waals surface area (Å²) in [5.74, 6) is 3.68. The molecule has 1 aliphatic heterocycles. The standard InChI is InChI=1S/C29H50O2/c1-8-29-25-12-11-22-17-23(30)13-15-27(22,6)24(25)14-16-28(29,7)26(18-31-29)21(5)10-9-20(4)19(2)3/h19-23,26,30H,8-18H2,1-7H3/t20-,21+,22?,23-,26+,27-,28+,29-/m0/s1. The Balaban J connectivity index is 1.62. The van der Waals surface area contributed by atoms with Crippen LogP contribution in [0.4, 0.5) is 0 Å². The van der Waals surface area contributed by atoms with E-state index >= 15 is 0 Å². The van der Waals surface area contributed by atoms with Crippen molar-refractivity contribution in [1.29, 1.82) is 0 Å². The Morgan fingerprint density at radius 1 is 1.00 bits per heavy atom. The minimum absolute atomic E-state index is 0.0345. The number of rotatable bonds is 6. The van der Waals surface area contributed by atoms with Gasteiger partial charge in [0, 0.05) is 5.41 Å². The second-order valence-electron chi connectivity index (χ2n) is 12.8. The van der Waals surface area contributed by atoms with Crippen LogP contribution in [0, 0.1) is 40.4 Å². The predicted octanol–water partition coefficient (Wildman–Crippen LogP) is 7.55. The molecule has 1 heterocycles. The van der Waals surface area contributed by atoms with Crippen molar-refractivity contribution in [2.75, 3.05) is 6.61 Å². The van der Waals surface area contributed by atoms with Gasteiger partial charge in [0.2, 0.25) is 0 Å². The lowest BCUT2D eigenvalue weighted by atomic mass is 9.47. The maximum absolute atomic E-state index is 10.3. The molecular weight excluding hydrogens is 380 g/mol. The molecule has 1 saturated heterocycles. The molecule has 2 heteroatoms. The van der Waals surface area contributed by atoms with Gasteiger partial charge in [-0.1, -0.05) is 66.9 Å². The third kappa shape index (κ3) is 3.58. The minimum Gasteiger partial charge on any atom is -0.393 e. The highest BCUT2D eigenvalue weighted by atomic mass is 16.5. The molecule has 3 aliphatic carbocycles. The quantitative estimate of drug-likeness (QED) is 0.441. The maximum atomic E-state index is 10.3. The van der Waals surface area contributed by atoms with Crippen LogP contribution in [-0.2, 0) is 4.74 Å². The number of allylic oxidation sites excluding steroid dienone is 1. The zero-order valence-electron chi connectivity index (χ0n) is 21.6. The molecule has 2 nitrogen and oxygen atoms in total. The summed E-state index contributed by atoms with van der Waals surface area (Å²) >= 11 is 0. The van der Waals surface area contributed by atoms with E-state index in [2.05, 4.69) is 48.5 Å². The van der Waals surface area contributed by atoms with Gasteiger partial charge in [-0.05, 0) is 91.9 Å². The summed E-state index contributed by atoms with van der Waals surface area (Å²) in [7, 11) is 0. The van der Waals surface area contributed by atoms with Crippen LogP contribution in [-0.4, -0.2) is 23.4 Å². The molecule has 0 aromatic heterocycles. The third-order valence-electron chi connectivity index (χ3n) is 11.3. The zero-order chi connectivity index (χ0) is 22.6. The molecule has 31 heavy (non-hydrogen) atoms. The van der Waals surface area contributed by atoms with Gasteiger partial charge >= 0.3 is 0 Å². The van der Waals surface area contributed by atoms with Gasteiger partial charge in [0.05, 0.1) is 18.3 Å². The van der Waals surface area contributed by atoms with E-state index in [-0.39, 0.29) is 17.1 Å². The molecule has 1 unspecified atom stereocenters. The second-order valence-corrected chi connectivity index (χ2v) is 12.8. The molecular formula is C29H50O2. The van der Waals surface area contributed by atoms with Gasteiger partial charge < -0.3 is 9.84 Å². The molecule has 1 N–H and O–H groups in total. The largest absolute Gasteiger partial charge is 0.393 e. The van der Waals surface area contributed by atoms with E-state index in [1.807, 2.05) is 0 Å². The Morgan fingerprint density at radius 2 is 1.74 bits per heavy atom. The van der Waals surface area contributed by atoms with E-state index in [1.165, 1.54) is 44.9 Å². The summed E-state index contributed by atoms with van der Waals surface area (Å²) in [6, 6.07) is 0. The Bertz CT molecular complexity index is 695. The predicted molar refractivity (Wildman–Crippen MR) is 130 cm³/mol. The van der Waals surface area contributed by atoms with Crippen LogP contribution in [0.1, 0.15) is 113 Å². The van der Waals surface area contributed by atoms with Crippen LogP contribution < -0.4 is 0 Å². The van der Waals surface area contributed by atoms with Gasteiger partial charge in [0.1, 0.15) is 0 Å². The first kappa shape index (κ1) is 23.8. The van der Waals surface area contributed by atoms with Crippen LogP contribution in [0.5, 0.6) is 0 Å². The van der Waals surface area contributed by atoms with E-state index in [0.29, 0.717) is 17.3 Å². The van der Waals surface area contributed by atoms with Crippen molar-refractivity contribution in [3.63, 3.8) is 0 Å². The molecule has 4 rings (SSSR count). The number of aliphatic hydroxyl groups excluding tert-OH is 1. The maximum Gasteiger partial charge on any atom is 0.0948 e. The first-order valence-electron chi connectivity index (χ1n) is 13.6. The molecule has 0 radical (unpaired) electrons. The fraction of sp³-hybridized carbons (Fsp3) is 0.931. The summed E-state index contributed by atoms with van der Waals surface area (Å²) in [4.78, 5) is 0. The van der Waals surface area contributed by atoms with Crippen molar-refractivity contribution >= 4 is 0 Å². The Labute approximate surface area is 192 Å². The Kier molecular flexibility index (Phi) is 6.50. The van der Waals surface area contributed by atoms with Crippen molar-refractivity contribution in [1.82, 2.24) is 0 Å². The van der Waals surface area contributed by atoms with Crippen molar-refractivity contribution in [3.05, 3.63) is 11.1 Å². The number of ether oxygens (including phenoxy) is 1. The average Bonchev–Trinajstić information content (AvgIpc) is 3.05. The van der Waals surface area contributed by atoms with E-state index in [0.717, 1.165) is 43.6 Å². The smallest absolute Gasteiger partial charge is 0.0948 e. The van der Waals surface area contributed by atoms with Gasteiger partial charge in [-0.25, -0.2) is 0 Å². The normalized spacial score (nSPS) is 44.6. The Morgan fingerprint density at radius 3 is 2.42 bits per heavy atom. The van der Waals surface area contributed by atoms with Crippen molar-refractivity contribution in [2.45, 2.75) is 124 Å². The topological polar surface area (TPSA) is 29.5 Å². The summed E-state index contributed by atoms with van der Waals surface area (Å²) in [6.07, 6.45) is 11.9. The molecule has 1 saturated carbocycles. The van der Waals surface area contributed by atoms with Crippen molar-refractivity contribution in [2.24, 2.45) is 40.4 Å². The van der Waals surface area contributed by atoms with Crippen molar-refractivity contribution in [3.8, 4) is 0 Å². The fourth-order valence-electron chi connectivity index (χ4n) is 8.56. The van der Waals surface area contributed by atoms with Gasteiger partial charge in [-0.2, -0.15) is 0 Å². The van der Waals surface area contributed by atoms with Crippen LogP contribution >= 0.6 is 0 Å². The van der Waals surface area contributed by atoms with E-state index < -0.39 is 0 Å². The second kappa shape index (κ2) is 8.46. The lowest BCUT2D eigenvalue weighted by Gasteiger charge is -2.58. The molecule has 0 aromatic rings. The summed E-state index contributed by atoms with van der Waals surface area (Å²) < 4.78 is 6.99. The van der Waals surface area contributed by atoms with E-state index in [1.54, 1.807) is 11.1 Å². The van der Waals surface area contributed by atoms with Crippen LogP contribution in [0.2, 0.25) is 0 Å². The molecule has 2 fully saturated rings. The molecule has 4 aliphatic rings. The number of hydrogen-bond donors (Lipinski definition) is 1. The van der Waals surface area contributed by atoms with Crippen LogP contribution in [0.15, 0.2) is 11.1 Å². The van der Waals surface area contributed by atoms with Gasteiger partial charge in [-0.3, -0.25) is 0 Å². The highest BCUT2D eigenvalue weighted by Crippen LogP contribution is 2.67. The summed E-state index contributed by atoms with van der Waals surface area (Å²) in [5.41, 5.74) is 4.02. The third-order valence-corrected chi connectivity index (χ3v) is 11.3. The van der Waals surface area contributed by atoms with Crippen LogP contribution in [0.25, 0.3) is 0 Å². The molecule has 0 aromatic carbocycles. The number of hydrogen-bond acceptors (Lipinski definition) is 2. The van der Waals surface area contributed by atoms with E-state index in [9.17, 15) is 5.11 Å². The average molecular weight is 431 g/mol. The van der Waals surface area contributed by atoms with Gasteiger partial charge in [-0.15, -0.1) is 0 Å². The first-order chi connectivity index (χ1) is 14.6. The monoisotopic (exact) mass is 430 g/mol. The van der Waals surface area contributed by atoms with Gasteiger partial charge in [0.15, 0.2) is 0 Å². The van der Waals surface area contributed by atoms with E-state index in [4.69, 9.17) is 4.74 Å². The highest BCUT2D eigenvalue weighted by Gasteiger charge is 2.64. The SMILES string of the molecule is CC[C@@]12OC[C@H]([C@H](C)CC[C@H](C)C(C)C)[C@@]1(C)CCC1=C2CCC2C[C@@H](O)CC[C@]12C. The molecule has 0 amide bonds. The lowest BCUT2D eigenvalue weighted by Crippen LogP contribution is -2.54. The molecule has 178 valence electrons. The number of fused-ring (bicyclic) bond motifs is 4. The molecule has 0 spiro atoms. The first-order valence-corrected chi connectivity index (χ1v) is 13.6.